The van der Waals surface area contributed by atoms with Crippen LogP contribution in [0.2, 0.25) is 0 Å². The van der Waals surface area contributed by atoms with E-state index in [4.69, 9.17) is 0 Å². The van der Waals surface area contributed by atoms with Crippen LogP contribution < -0.4 is 0 Å². The number of halogens is 1. The van der Waals surface area contributed by atoms with Crippen LogP contribution >= 0.6 is 0 Å². The number of hydrogen-bond donors (Lipinski definition) is 0. The first-order chi connectivity index (χ1) is 8.31. The van der Waals surface area contributed by atoms with Crippen LogP contribution in [0.4, 0.5) is 4.39 Å². The average molecular weight is 232 g/mol. The highest BCUT2D eigenvalue weighted by Crippen LogP contribution is 2.26. The number of fused-ring (bicyclic) bond motifs is 1. The fraction of sp³-hybridized carbons (Fsp3) is 0.500. The van der Waals surface area contributed by atoms with Crippen molar-refractivity contribution in [2.45, 2.75) is 51.9 Å². The maximum Gasteiger partial charge on any atom is 0.126 e. The fourth-order valence-electron chi connectivity index (χ4n) is 2.53. The highest BCUT2D eigenvalue weighted by Gasteiger charge is 2.13. The van der Waals surface area contributed by atoms with Crippen molar-refractivity contribution in [3.63, 3.8) is 0 Å². The zero-order valence-corrected chi connectivity index (χ0v) is 10.6. The van der Waals surface area contributed by atoms with Crippen LogP contribution in [-0.2, 0) is 12.8 Å². The number of hydrogen-bond acceptors (Lipinski definition) is 0. The maximum absolute atomic E-state index is 13.5. The molecular formula is C16H21F. The topological polar surface area (TPSA) is 0 Å². The van der Waals surface area contributed by atoms with Crippen molar-refractivity contribution in [2.24, 2.45) is 0 Å². The van der Waals surface area contributed by atoms with Crippen molar-refractivity contribution in [2.75, 3.05) is 0 Å². The number of allylic oxidation sites excluding steroid dienone is 2. The normalized spacial score (nSPS) is 14.4. The van der Waals surface area contributed by atoms with Gasteiger partial charge >= 0.3 is 0 Å². The van der Waals surface area contributed by atoms with Gasteiger partial charge in [0, 0.05) is 0 Å². The average Bonchev–Trinajstić information content (AvgIpc) is 2.35. The standard InChI is InChI=1S/C16H21F/c1-2-3-4-5-7-13-10-11-15-14(12-13)8-6-9-16(15)17/h6,8-10H,2-5,7,11-12H2,1H3. The van der Waals surface area contributed by atoms with E-state index in [9.17, 15) is 4.39 Å². The van der Waals surface area contributed by atoms with Crippen molar-refractivity contribution >= 4 is 0 Å². The summed E-state index contributed by atoms with van der Waals surface area (Å²) in [7, 11) is 0. The molecule has 0 N–H and O–H groups in total. The molecule has 0 amide bonds. The zero-order chi connectivity index (χ0) is 12.1. The lowest BCUT2D eigenvalue weighted by molar-refractivity contribution is 0.607. The fourth-order valence-corrected chi connectivity index (χ4v) is 2.53. The Morgan fingerprint density at radius 2 is 2.06 bits per heavy atom. The first kappa shape index (κ1) is 12.3. The minimum absolute atomic E-state index is 0.0382. The summed E-state index contributed by atoms with van der Waals surface area (Å²) in [6.07, 6.45) is 10.4. The number of benzene rings is 1. The van der Waals surface area contributed by atoms with Gasteiger partial charge in [0.2, 0.25) is 0 Å². The van der Waals surface area contributed by atoms with Crippen molar-refractivity contribution in [3.05, 3.63) is 46.8 Å². The predicted octanol–water partition coefficient (Wildman–Crippen LogP) is 4.82. The van der Waals surface area contributed by atoms with Crippen LogP contribution in [-0.4, -0.2) is 0 Å². The summed E-state index contributed by atoms with van der Waals surface area (Å²) in [6, 6.07) is 5.46. The van der Waals surface area contributed by atoms with Gasteiger partial charge in [0.1, 0.15) is 5.82 Å². The molecule has 0 radical (unpaired) electrons. The summed E-state index contributed by atoms with van der Waals surface area (Å²) >= 11 is 0. The lowest BCUT2D eigenvalue weighted by atomic mass is 9.89. The Hall–Kier alpha value is -1.11. The van der Waals surface area contributed by atoms with E-state index < -0.39 is 0 Å². The van der Waals surface area contributed by atoms with Gasteiger partial charge in [-0.2, -0.15) is 0 Å². The van der Waals surface area contributed by atoms with Crippen LogP contribution in [0.15, 0.2) is 29.8 Å². The Bertz CT molecular complexity index is 404. The molecule has 0 nitrogen and oxygen atoms in total. The van der Waals surface area contributed by atoms with Crippen LogP contribution in [0.1, 0.15) is 50.2 Å². The molecule has 0 saturated carbocycles. The van der Waals surface area contributed by atoms with Crippen molar-refractivity contribution in [1.29, 1.82) is 0 Å². The largest absolute Gasteiger partial charge is 0.207 e. The van der Waals surface area contributed by atoms with Gasteiger partial charge in [-0.3, -0.25) is 0 Å². The first-order valence-corrected chi connectivity index (χ1v) is 6.75. The van der Waals surface area contributed by atoms with E-state index >= 15 is 0 Å². The molecule has 1 aliphatic carbocycles. The van der Waals surface area contributed by atoms with Gasteiger partial charge < -0.3 is 0 Å². The highest BCUT2D eigenvalue weighted by atomic mass is 19.1. The number of unbranched alkanes of at least 4 members (excludes halogenated alkanes) is 3. The summed E-state index contributed by atoms with van der Waals surface area (Å²) < 4.78 is 13.5. The molecule has 1 aromatic carbocycles. The molecule has 0 aromatic heterocycles. The Balaban J connectivity index is 1.91. The second kappa shape index (κ2) is 6.00. The smallest absolute Gasteiger partial charge is 0.126 e. The molecule has 0 saturated heterocycles. The summed E-state index contributed by atoms with van der Waals surface area (Å²) in [5.74, 6) is -0.0382. The molecule has 0 heterocycles. The van der Waals surface area contributed by atoms with E-state index in [1.54, 1.807) is 6.07 Å². The molecule has 92 valence electrons. The minimum Gasteiger partial charge on any atom is -0.207 e. The summed E-state index contributed by atoms with van der Waals surface area (Å²) in [5.41, 5.74) is 3.60. The van der Waals surface area contributed by atoms with Gasteiger partial charge in [0.05, 0.1) is 0 Å². The second-order valence-electron chi connectivity index (χ2n) is 4.93. The van der Waals surface area contributed by atoms with Gasteiger partial charge in [0.25, 0.3) is 0 Å². The molecule has 0 aliphatic heterocycles. The zero-order valence-electron chi connectivity index (χ0n) is 10.6. The van der Waals surface area contributed by atoms with E-state index in [1.165, 1.54) is 43.2 Å². The van der Waals surface area contributed by atoms with Gasteiger partial charge in [-0.1, -0.05) is 50.0 Å². The maximum atomic E-state index is 13.5. The molecule has 1 aliphatic rings. The van der Waals surface area contributed by atoms with Crippen molar-refractivity contribution in [3.8, 4) is 0 Å². The molecule has 0 fully saturated rings. The SMILES string of the molecule is CCCCCCC1=CCc2c(F)cccc2C1. The van der Waals surface area contributed by atoms with Crippen molar-refractivity contribution < 1.29 is 4.39 Å². The van der Waals surface area contributed by atoms with Gasteiger partial charge in [-0.15, -0.1) is 0 Å². The molecule has 0 spiro atoms. The van der Waals surface area contributed by atoms with Crippen LogP contribution in [0, 0.1) is 5.82 Å². The third kappa shape index (κ3) is 3.18. The summed E-state index contributed by atoms with van der Waals surface area (Å²) in [4.78, 5) is 0. The van der Waals surface area contributed by atoms with Crippen LogP contribution in [0.5, 0.6) is 0 Å². The second-order valence-corrected chi connectivity index (χ2v) is 4.93. The van der Waals surface area contributed by atoms with Crippen molar-refractivity contribution in [1.82, 2.24) is 0 Å². The van der Waals surface area contributed by atoms with Gasteiger partial charge in [-0.05, 0) is 42.9 Å². The summed E-state index contributed by atoms with van der Waals surface area (Å²) in [6.45, 7) is 2.24. The Morgan fingerprint density at radius 3 is 2.88 bits per heavy atom. The molecular weight excluding hydrogens is 211 g/mol. The molecule has 2 rings (SSSR count). The predicted molar refractivity (Wildman–Crippen MR) is 70.7 cm³/mol. The molecule has 1 aromatic rings. The Labute approximate surface area is 104 Å². The van der Waals surface area contributed by atoms with Crippen LogP contribution in [0.25, 0.3) is 0 Å². The molecule has 0 bridgehead atoms. The van der Waals surface area contributed by atoms with Gasteiger partial charge in [0.15, 0.2) is 0 Å². The lowest BCUT2D eigenvalue weighted by Gasteiger charge is -2.17. The highest BCUT2D eigenvalue weighted by molar-refractivity contribution is 5.37. The van der Waals surface area contributed by atoms with Crippen LogP contribution in [0.3, 0.4) is 0 Å². The summed E-state index contributed by atoms with van der Waals surface area (Å²) in [5, 5.41) is 0. The Morgan fingerprint density at radius 1 is 1.18 bits per heavy atom. The first-order valence-electron chi connectivity index (χ1n) is 6.75. The van der Waals surface area contributed by atoms with Gasteiger partial charge in [-0.25, -0.2) is 4.39 Å². The quantitative estimate of drug-likeness (QED) is 0.504. The molecule has 1 heteroatoms. The van der Waals surface area contributed by atoms with E-state index in [0.717, 1.165) is 18.4 Å². The number of rotatable bonds is 5. The van der Waals surface area contributed by atoms with E-state index in [1.807, 2.05) is 6.07 Å². The molecule has 17 heavy (non-hydrogen) atoms. The third-order valence-corrected chi connectivity index (χ3v) is 3.58. The third-order valence-electron chi connectivity index (χ3n) is 3.58. The van der Waals surface area contributed by atoms with E-state index in [0.29, 0.717) is 0 Å². The van der Waals surface area contributed by atoms with E-state index in [-0.39, 0.29) is 5.82 Å². The van der Waals surface area contributed by atoms with E-state index in [2.05, 4.69) is 19.1 Å². The Kier molecular flexibility index (Phi) is 4.36. The monoisotopic (exact) mass is 232 g/mol. The minimum atomic E-state index is -0.0382. The molecule has 0 atom stereocenters. The lowest BCUT2D eigenvalue weighted by Crippen LogP contribution is -2.05. The molecule has 0 unspecified atom stereocenters.